The van der Waals surface area contributed by atoms with Crippen LogP contribution in [0.25, 0.3) is 0 Å². The Morgan fingerprint density at radius 1 is 0.833 bits per heavy atom. The lowest BCUT2D eigenvalue weighted by Crippen LogP contribution is -2.01. The van der Waals surface area contributed by atoms with Gasteiger partial charge in [-0.15, -0.1) is 0 Å². The highest BCUT2D eigenvalue weighted by molar-refractivity contribution is 5.46. The van der Waals surface area contributed by atoms with Crippen LogP contribution in [0.4, 0.5) is 0 Å². The maximum Gasteiger partial charge on any atom is 0.116 e. The number of rotatable bonds is 2. The van der Waals surface area contributed by atoms with E-state index in [0.29, 0.717) is 5.75 Å². The van der Waals surface area contributed by atoms with E-state index in [0.717, 1.165) is 16.7 Å². The summed E-state index contributed by atoms with van der Waals surface area (Å²) < 4.78 is 0. The molecular weight excluding hydrogens is 224 g/mol. The van der Waals surface area contributed by atoms with Crippen LogP contribution >= 0.6 is 0 Å². The van der Waals surface area contributed by atoms with Gasteiger partial charge in [-0.2, -0.15) is 0 Å². The van der Waals surface area contributed by atoms with Crippen molar-refractivity contribution in [1.29, 1.82) is 0 Å². The van der Waals surface area contributed by atoms with Crippen molar-refractivity contribution in [2.24, 2.45) is 0 Å². The summed E-state index contributed by atoms with van der Waals surface area (Å²) in [5.41, 5.74) is 4.57. The molecule has 0 amide bonds. The van der Waals surface area contributed by atoms with Crippen molar-refractivity contribution in [3.8, 4) is 11.5 Å². The van der Waals surface area contributed by atoms with Crippen LogP contribution in [0.3, 0.4) is 0 Å². The SMILES string of the molecule is Cc1cc(O)cc(C)c1C(C)c1ccc(O)cc1. The zero-order chi connectivity index (χ0) is 13.3. The molecule has 2 N–H and O–H groups in total. The first-order chi connectivity index (χ1) is 8.49. The molecule has 2 rings (SSSR count). The Morgan fingerprint density at radius 3 is 1.83 bits per heavy atom. The van der Waals surface area contributed by atoms with E-state index in [4.69, 9.17) is 0 Å². The molecule has 0 saturated carbocycles. The number of aryl methyl sites for hydroxylation is 2. The fraction of sp³-hybridized carbons (Fsp3) is 0.250. The monoisotopic (exact) mass is 242 g/mol. The second-order valence-corrected chi connectivity index (χ2v) is 4.81. The molecule has 2 heteroatoms. The lowest BCUT2D eigenvalue weighted by molar-refractivity contribution is 0.474. The molecule has 18 heavy (non-hydrogen) atoms. The lowest BCUT2D eigenvalue weighted by Gasteiger charge is -2.18. The number of hydrogen-bond acceptors (Lipinski definition) is 2. The molecule has 0 aromatic heterocycles. The Morgan fingerprint density at radius 2 is 1.33 bits per heavy atom. The van der Waals surface area contributed by atoms with Crippen molar-refractivity contribution in [1.82, 2.24) is 0 Å². The molecule has 2 aromatic carbocycles. The average molecular weight is 242 g/mol. The highest BCUT2D eigenvalue weighted by atomic mass is 16.3. The topological polar surface area (TPSA) is 40.5 Å². The van der Waals surface area contributed by atoms with Crippen molar-refractivity contribution >= 4 is 0 Å². The van der Waals surface area contributed by atoms with Crippen molar-refractivity contribution in [3.63, 3.8) is 0 Å². The van der Waals surface area contributed by atoms with Crippen LogP contribution in [0, 0.1) is 13.8 Å². The molecule has 0 fully saturated rings. The summed E-state index contributed by atoms with van der Waals surface area (Å²) in [4.78, 5) is 0. The van der Waals surface area contributed by atoms with Crippen LogP contribution in [0.2, 0.25) is 0 Å². The molecule has 0 aliphatic carbocycles. The normalized spacial score (nSPS) is 12.4. The maximum absolute atomic E-state index is 9.57. The third-order valence-corrected chi connectivity index (χ3v) is 3.40. The molecule has 1 unspecified atom stereocenters. The minimum absolute atomic E-state index is 0.242. The lowest BCUT2D eigenvalue weighted by atomic mass is 9.87. The minimum atomic E-state index is 0.242. The van der Waals surface area contributed by atoms with Crippen molar-refractivity contribution in [2.75, 3.05) is 0 Å². The van der Waals surface area contributed by atoms with E-state index in [1.807, 2.05) is 26.0 Å². The number of aromatic hydroxyl groups is 2. The Balaban J connectivity index is 2.46. The van der Waals surface area contributed by atoms with E-state index < -0.39 is 0 Å². The predicted octanol–water partition coefficient (Wildman–Crippen LogP) is 3.87. The van der Waals surface area contributed by atoms with Gasteiger partial charge in [-0.1, -0.05) is 19.1 Å². The molecule has 94 valence electrons. The van der Waals surface area contributed by atoms with Crippen LogP contribution in [-0.4, -0.2) is 10.2 Å². The zero-order valence-corrected chi connectivity index (χ0v) is 10.9. The van der Waals surface area contributed by atoms with E-state index in [2.05, 4.69) is 6.92 Å². The molecule has 0 bridgehead atoms. The number of hydrogen-bond donors (Lipinski definition) is 2. The minimum Gasteiger partial charge on any atom is -0.508 e. The molecule has 2 aromatic rings. The number of phenolic OH excluding ortho intramolecular Hbond substituents is 2. The second-order valence-electron chi connectivity index (χ2n) is 4.81. The van der Waals surface area contributed by atoms with Gasteiger partial charge in [0, 0.05) is 5.92 Å². The van der Waals surface area contributed by atoms with Gasteiger partial charge in [0.25, 0.3) is 0 Å². The van der Waals surface area contributed by atoms with Crippen LogP contribution in [-0.2, 0) is 0 Å². The summed E-state index contributed by atoms with van der Waals surface area (Å²) in [7, 11) is 0. The molecule has 0 aliphatic heterocycles. The number of phenols is 2. The molecule has 2 nitrogen and oxygen atoms in total. The van der Waals surface area contributed by atoms with Gasteiger partial charge in [0.05, 0.1) is 0 Å². The van der Waals surface area contributed by atoms with E-state index in [9.17, 15) is 10.2 Å². The van der Waals surface area contributed by atoms with E-state index in [-0.39, 0.29) is 11.7 Å². The van der Waals surface area contributed by atoms with Crippen molar-refractivity contribution in [2.45, 2.75) is 26.7 Å². The highest BCUT2D eigenvalue weighted by Crippen LogP contribution is 2.32. The van der Waals surface area contributed by atoms with Gasteiger partial charge in [-0.3, -0.25) is 0 Å². The molecule has 0 saturated heterocycles. The quantitative estimate of drug-likeness (QED) is 0.839. The van der Waals surface area contributed by atoms with Crippen molar-refractivity contribution < 1.29 is 10.2 Å². The van der Waals surface area contributed by atoms with Gasteiger partial charge in [0.2, 0.25) is 0 Å². The van der Waals surface area contributed by atoms with Crippen LogP contribution < -0.4 is 0 Å². The van der Waals surface area contributed by atoms with Gasteiger partial charge in [0.1, 0.15) is 11.5 Å². The Bertz CT molecular complexity index is 533. The molecular formula is C16H18O2. The molecule has 0 spiro atoms. The first-order valence-corrected chi connectivity index (χ1v) is 6.08. The highest BCUT2D eigenvalue weighted by Gasteiger charge is 2.14. The number of benzene rings is 2. The van der Waals surface area contributed by atoms with Gasteiger partial charge in [-0.05, 0) is 60.4 Å². The summed E-state index contributed by atoms with van der Waals surface area (Å²) in [6, 6.07) is 10.9. The average Bonchev–Trinajstić information content (AvgIpc) is 2.28. The van der Waals surface area contributed by atoms with Gasteiger partial charge in [0.15, 0.2) is 0 Å². The third-order valence-electron chi connectivity index (χ3n) is 3.40. The van der Waals surface area contributed by atoms with Gasteiger partial charge < -0.3 is 10.2 Å². The Labute approximate surface area is 108 Å². The Kier molecular flexibility index (Phi) is 3.28. The largest absolute Gasteiger partial charge is 0.508 e. The first kappa shape index (κ1) is 12.5. The summed E-state index contributed by atoms with van der Waals surface area (Å²) >= 11 is 0. The maximum atomic E-state index is 9.57. The Hall–Kier alpha value is -1.96. The summed E-state index contributed by atoms with van der Waals surface area (Å²) in [6.45, 7) is 6.16. The molecule has 0 aliphatic rings. The van der Waals surface area contributed by atoms with E-state index in [1.54, 1.807) is 24.3 Å². The van der Waals surface area contributed by atoms with E-state index in [1.165, 1.54) is 5.56 Å². The zero-order valence-electron chi connectivity index (χ0n) is 10.9. The fourth-order valence-electron chi connectivity index (χ4n) is 2.56. The third kappa shape index (κ3) is 2.33. The standard InChI is InChI=1S/C16H18O2/c1-10-8-15(18)9-11(2)16(10)12(3)13-4-6-14(17)7-5-13/h4-9,12,17-18H,1-3H3. The molecule has 0 heterocycles. The summed E-state index contributed by atoms with van der Waals surface area (Å²) in [6.07, 6.45) is 0. The smallest absolute Gasteiger partial charge is 0.116 e. The first-order valence-electron chi connectivity index (χ1n) is 6.08. The molecule has 0 radical (unpaired) electrons. The summed E-state index contributed by atoms with van der Waals surface area (Å²) in [5, 5.41) is 18.9. The molecule has 1 atom stereocenters. The van der Waals surface area contributed by atoms with Crippen LogP contribution in [0.15, 0.2) is 36.4 Å². The second kappa shape index (κ2) is 4.73. The van der Waals surface area contributed by atoms with Crippen LogP contribution in [0.1, 0.15) is 35.1 Å². The fourth-order valence-corrected chi connectivity index (χ4v) is 2.56. The van der Waals surface area contributed by atoms with Gasteiger partial charge >= 0.3 is 0 Å². The van der Waals surface area contributed by atoms with E-state index >= 15 is 0 Å². The summed E-state index contributed by atoms with van der Waals surface area (Å²) in [5.74, 6) is 0.836. The van der Waals surface area contributed by atoms with Crippen LogP contribution in [0.5, 0.6) is 11.5 Å². The van der Waals surface area contributed by atoms with Crippen molar-refractivity contribution in [3.05, 3.63) is 58.7 Å². The predicted molar refractivity (Wildman–Crippen MR) is 73.2 cm³/mol. The van der Waals surface area contributed by atoms with Gasteiger partial charge in [-0.25, -0.2) is 0 Å².